The number of nitro benzene ring substituents is 1. The van der Waals surface area contributed by atoms with Gasteiger partial charge in [-0.25, -0.2) is 0 Å². The molecule has 1 fully saturated rings. The smallest absolute Gasteiger partial charge is 0.269 e. The lowest BCUT2D eigenvalue weighted by Crippen LogP contribution is -2.39. The van der Waals surface area contributed by atoms with Crippen LogP contribution in [0.25, 0.3) is 0 Å². The minimum absolute atomic E-state index is 0.175. The van der Waals surface area contributed by atoms with Gasteiger partial charge >= 0.3 is 0 Å². The van der Waals surface area contributed by atoms with Crippen molar-refractivity contribution in [2.24, 2.45) is 11.8 Å². The van der Waals surface area contributed by atoms with E-state index in [-0.39, 0.29) is 10.6 Å². The highest BCUT2D eigenvalue weighted by atomic mass is 16.6. The molecule has 1 aliphatic rings. The first-order chi connectivity index (χ1) is 8.47. The number of piperidine rings is 1. The van der Waals surface area contributed by atoms with E-state index in [0.29, 0.717) is 11.8 Å². The van der Waals surface area contributed by atoms with Gasteiger partial charge in [-0.05, 0) is 36.8 Å². The maximum absolute atomic E-state index is 10.7. The van der Waals surface area contributed by atoms with Gasteiger partial charge in [0.2, 0.25) is 0 Å². The number of rotatable bonds is 2. The van der Waals surface area contributed by atoms with Crippen molar-refractivity contribution < 1.29 is 4.92 Å². The number of hydrogen-bond acceptors (Lipinski definition) is 3. The Labute approximate surface area is 108 Å². The van der Waals surface area contributed by atoms with E-state index in [2.05, 4.69) is 18.7 Å². The Kier molecular flexibility index (Phi) is 3.55. The average Bonchev–Trinajstić information content (AvgIpc) is 2.27. The highest BCUT2D eigenvalue weighted by Gasteiger charge is 2.23. The van der Waals surface area contributed by atoms with Crippen LogP contribution >= 0.6 is 0 Å². The maximum atomic E-state index is 10.7. The van der Waals surface area contributed by atoms with Gasteiger partial charge in [-0.3, -0.25) is 10.1 Å². The molecule has 1 heterocycles. The fourth-order valence-electron chi connectivity index (χ4n) is 2.97. The maximum Gasteiger partial charge on any atom is 0.269 e. The van der Waals surface area contributed by atoms with Gasteiger partial charge in [-0.15, -0.1) is 0 Å². The zero-order valence-corrected chi connectivity index (χ0v) is 11.2. The molecule has 0 bridgehead atoms. The molecule has 0 unspecified atom stereocenters. The van der Waals surface area contributed by atoms with Crippen LogP contribution in [0.2, 0.25) is 0 Å². The monoisotopic (exact) mass is 248 g/mol. The largest absolute Gasteiger partial charge is 0.371 e. The highest BCUT2D eigenvalue weighted by Crippen LogP contribution is 2.30. The van der Waals surface area contributed by atoms with Gasteiger partial charge in [0.05, 0.1) is 4.92 Å². The zero-order valence-electron chi connectivity index (χ0n) is 11.2. The molecule has 1 aromatic rings. The van der Waals surface area contributed by atoms with Crippen LogP contribution in [0.3, 0.4) is 0 Å². The molecular weight excluding hydrogens is 228 g/mol. The molecule has 4 heteroatoms. The van der Waals surface area contributed by atoms with Gasteiger partial charge in [0, 0.05) is 30.9 Å². The molecule has 18 heavy (non-hydrogen) atoms. The lowest BCUT2D eigenvalue weighted by Gasteiger charge is -2.37. The Morgan fingerprint density at radius 1 is 1.28 bits per heavy atom. The Bertz CT molecular complexity index is 449. The summed E-state index contributed by atoms with van der Waals surface area (Å²) in [6.07, 6.45) is 1.27. The molecule has 0 saturated carbocycles. The summed E-state index contributed by atoms with van der Waals surface area (Å²) in [6, 6.07) is 5.16. The number of benzene rings is 1. The second-order valence-electron chi connectivity index (χ2n) is 5.58. The van der Waals surface area contributed by atoms with E-state index in [4.69, 9.17) is 0 Å². The summed E-state index contributed by atoms with van der Waals surface area (Å²) < 4.78 is 0. The molecule has 98 valence electrons. The van der Waals surface area contributed by atoms with E-state index in [1.165, 1.54) is 6.42 Å². The Morgan fingerprint density at radius 3 is 2.39 bits per heavy atom. The molecule has 2 atom stereocenters. The molecule has 0 aliphatic carbocycles. The molecule has 0 radical (unpaired) electrons. The second kappa shape index (κ2) is 4.96. The molecule has 1 aliphatic heterocycles. The average molecular weight is 248 g/mol. The third-order valence-corrected chi connectivity index (χ3v) is 3.60. The van der Waals surface area contributed by atoms with Gasteiger partial charge in [0.15, 0.2) is 0 Å². The number of nitrogens with zero attached hydrogens (tertiary/aromatic N) is 2. The summed E-state index contributed by atoms with van der Waals surface area (Å²) in [5.74, 6) is 1.37. The van der Waals surface area contributed by atoms with Crippen molar-refractivity contribution in [2.75, 3.05) is 18.0 Å². The molecule has 0 spiro atoms. The van der Waals surface area contributed by atoms with E-state index < -0.39 is 0 Å². The summed E-state index contributed by atoms with van der Waals surface area (Å²) in [4.78, 5) is 12.8. The van der Waals surface area contributed by atoms with Crippen molar-refractivity contribution in [1.82, 2.24) is 0 Å². The lowest BCUT2D eigenvalue weighted by atomic mass is 9.91. The van der Waals surface area contributed by atoms with E-state index in [9.17, 15) is 10.1 Å². The SMILES string of the molecule is Cc1cc([N+](=O)[O-])ccc1N1C[C@@H](C)C[C@H](C)C1. The van der Waals surface area contributed by atoms with Gasteiger partial charge < -0.3 is 4.90 Å². The first-order valence-electron chi connectivity index (χ1n) is 6.47. The third-order valence-electron chi connectivity index (χ3n) is 3.60. The Balaban J connectivity index is 2.25. The van der Waals surface area contributed by atoms with Crippen molar-refractivity contribution in [3.8, 4) is 0 Å². The Morgan fingerprint density at radius 2 is 1.89 bits per heavy atom. The summed E-state index contributed by atoms with van der Waals surface area (Å²) >= 11 is 0. The number of anilines is 1. The first kappa shape index (κ1) is 12.9. The van der Waals surface area contributed by atoms with Crippen LogP contribution in [0.4, 0.5) is 11.4 Å². The molecule has 0 aromatic heterocycles. The van der Waals surface area contributed by atoms with Crippen LogP contribution in [0.5, 0.6) is 0 Å². The van der Waals surface area contributed by atoms with E-state index >= 15 is 0 Å². The predicted molar refractivity (Wildman–Crippen MR) is 73.0 cm³/mol. The van der Waals surface area contributed by atoms with Crippen LogP contribution in [0, 0.1) is 28.9 Å². The first-order valence-corrected chi connectivity index (χ1v) is 6.47. The van der Waals surface area contributed by atoms with E-state index in [1.807, 2.05) is 13.0 Å². The van der Waals surface area contributed by atoms with Crippen molar-refractivity contribution in [3.05, 3.63) is 33.9 Å². The van der Waals surface area contributed by atoms with Crippen molar-refractivity contribution in [3.63, 3.8) is 0 Å². The number of aryl methyl sites for hydroxylation is 1. The molecular formula is C14H20N2O2. The molecule has 1 saturated heterocycles. The minimum atomic E-state index is -0.335. The number of nitro groups is 1. The number of non-ortho nitro benzene ring substituents is 1. The van der Waals surface area contributed by atoms with Crippen LogP contribution in [-0.2, 0) is 0 Å². The lowest BCUT2D eigenvalue weighted by molar-refractivity contribution is -0.384. The van der Waals surface area contributed by atoms with Crippen LogP contribution in [0.1, 0.15) is 25.8 Å². The topological polar surface area (TPSA) is 46.4 Å². The van der Waals surface area contributed by atoms with E-state index in [1.54, 1.807) is 12.1 Å². The standard InChI is InChI=1S/C14H20N2O2/c1-10-6-11(2)9-15(8-10)14-5-4-13(16(17)18)7-12(14)3/h4-5,7,10-11H,6,8-9H2,1-3H3/t10-,11-/m0/s1. The predicted octanol–water partition coefficient (Wildman–Crippen LogP) is 3.39. The van der Waals surface area contributed by atoms with Crippen LogP contribution in [-0.4, -0.2) is 18.0 Å². The van der Waals surface area contributed by atoms with Crippen LogP contribution in [0.15, 0.2) is 18.2 Å². The fraction of sp³-hybridized carbons (Fsp3) is 0.571. The second-order valence-corrected chi connectivity index (χ2v) is 5.58. The Hall–Kier alpha value is -1.58. The molecule has 0 amide bonds. The summed E-state index contributed by atoms with van der Waals surface area (Å²) in [5.41, 5.74) is 2.30. The quantitative estimate of drug-likeness (QED) is 0.595. The van der Waals surface area contributed by atoms with Crippen molar-refractivity contribution in [2.45, 2.75) is 27.2 Å². The van der Waals surface area contributed by atoms with Crippen molar-refractivity contribution >= 4 is 11.4 Å². The van der Waals surface area contributed by atoms with Crippen molar-refractivity contribution in [1.29, 1.82) is 0 Å². The third kappa shape index (κ3) is 2.63. The molecule has 1 aromatic carbocycles. The molecule has 2 rings (SSSR count). The normalized spacial score (nSPS) is 24.1. The summed E-state index contributed by atoms with van der Waals surface area (Å²) in [6.45, 7) is 8.57. The zero-order chi connectivity index (χ0) is 13.3. The van der Waals surface area contributed by atoms with Crippen LogP contribution < -0.4 is 4.90 Å². The van der Waals surface area contributed by atoms with Gasteiger partial charge in [-0.1, -0.05) is 13.8 Å². The molecule has 0 N–H and O–H groups in total. The number of hydrogen-bond donors (Lipinski definition) is 0. The van der Waals surface area contributed by atoms with Gasteiger partial charge in [0.25, 0.3) is 5.69 Å². The fourth-order valence-corrected chi connectivity index (χ4v) is 2.97. The van der Waals surface area contributed by atoms with Gasteiger partial charge in [0.1, 0.15) is 0 Å². The highest BCUT2D eigenvalue weighted by molar-refractivity contribution is 5.57. The minimum Gasteiger partial charge on any atom is -0.371 e. The van der Waals surface area contributed by atoms with E-state index in [0.717, 1.165) is 24.3 Å². The van der Waals surface area contributed by atoms with Gasteiger partial charge in [-0.2, -0.15) is 0 Å². The summed E-state index contributed by atoms with van der Waals surface area (Å²) in [7, 11) is 0. The summed E-state index contributed by atoms with van der Waals surface area (Å²) in [5, 5.41) is 10.7. The molecule has 4 nitrogen and oxygen atoms in total.